The van der Waals surface area contributed by atoms with Crippen LogP contribution in [-0.2, 0) is 11.3 Å². The van der Waals surface area contributed by atoms with Gasteiger partial charge in [0.2, 0.25) is 0 Å². The average molecular weight is 279 g/mol. The Morgan fingerprint density at radius 1 is 1.40 bits per heavy atom. The standard InChI is InChI=1S/C15H25N3O2/c1-15(2,3)20-14(19)17-10-7-11-18(4)12-13-8-5-6-9-16-13/h5-6,8-9H,7,10-12H2,1-4H3,(H,17,19). The van der Waals surface area contributed by atoms with Gasteiger partial charge < -0.3 is 15.0 Å². The van der Waals surface area contributed by atoms with Crippen LogP contribution in [0.3, 0.4) is 0 Å². The van der Waals surface area contributed by atoms with Crippen molar-refractivity contribution in [3.63, 3.8) is 0 Å². The van der Waals surface area contributed by atoms with Crippen LogP contribution in [0.25, 0.3) is 0 Å². The van der Waals surface area contributed by atoms with E-state index in [1.807, 2.05) is 46.0 Å². The van der Waals surface area contributed by atoms with Crippen molar-refractivity contribution in [2.24, 2.45) is 0 Å². The highest BCUT2D eigenvalue weighted by Gasteiger charge is 2.15. The maximum Gasteiger partial charge on any atom is 0.407 e. The van der Waals surface area contributed by atoms with E-state index in [2.05, 4.69) is 15.2 Å². The smallest absolute Gasteiger partial charge is 0.407 e. The fourth-order valence-corrected chi connectivity index (χ4v) is 1.70. The number of ether oxygens (including phenoxy) is 1. The van der Waals surface area contributed by atoms with Crippen molar-refractivity contribution in [3.05, 3.63) is 30.1 Å². The highest BCUT2D eigenvalue weighted by molar-refractivity contribution is 5.67. The van der Waals surface area contributed by atoms with Gasteiger partial charge in [-0.2, -0.15) is 0 Å². The molecule has 20 heavy (non-hydrogen) atoms. The summed E-state index contributed by atoms with van der Waals surface area (Å²) in [5.41, 5.74) is 0.606. The van der Waals surface area contributed by atoms with Crippen LogP contribution in [0.4, 0.5) is 4.79 Å². The fourth-order valence-electron chi connectivity index (χ4n) is 1.70. The number of alkyl carbamates (subject to hydrolysis) is 1. The number of nitrogens with zero attached hydrogens (tertiary/aromatic N) is 2. The molecule has 0 saturated carbocycles. The number of hydrogen-bond acceptors (Lipinski definition) is 4. The lowest BCUT2D eigenvalue weighted by molar-refractivity contribution is 0.0526. The Kier molecular flexibility index (Phi) is 6.45. The van der Waals surface area contributed by atoms with Crippen molar-refractivity contribution in [3.8, 4) is 0 Å². The summed E-state index contributed by atoms with van der Waals surface area (Å²) in [6.07, 6.45) is 2.32. The number of amides is 1. The number of hydrogen-bond donors (Lipinski definition) is 1. The van der Waals surface area contributed by atoms with E-state index in [1.54, 1.807) is 6.20 Å². The van der Waals surface area contributed by atoms with Crippen molar-refractivity contribution < 1.29 is 9.53 Å². The highest BCUT2D eigenvalue weighted by Crippen LogP contribution is 2.06. The number of rotatable bonds is 6. The van der Waals surface area contributed by atoms with E-state index in [0.717, 1.165) is 25.2 Å². The molecule has 0 atom stereocenters. The molecule has 112 valence electrons. The van der Waals surface area contributed by atoms with Crippen LogP contribution in [0.1, 0.15) is 32.9 Å². The van der Waals surface area contributed by atoms with Crippen LogP contribution in [0, 0.1) is 0 Å². The van der Waals surface area contributed by atoms with Gasteiger partial charge in [0.15, 0.2) is 0 Å². The zero-order valence-corrected chi connectivity index (χ0v) is 12.8. The maximum atomic E-state index is 11.4. The summed E-state index contributed by atoms with van der Waals surface area (Å²) in [6, 6.07) is 5.91. The Bertz CT molecular complexity index is 401. The third-order valence-corrected chi connectivity index (χ3v) is 2.54. The summed E-state index contributed by atoms with van der Waals surface area (Å²) in [7, 11) is 2.04. The molecule has 0 aromatic carbocycles. The van der Waals surface area contributed by atoms with Crippen molar-refractivity contribution >= 4 is 6.09 Å². The van der Waals surface area contributed by atoms with E-state index < -0.39 is 5.60 Å². The Morgan fingerprint density at radius 2 is 2.15 bits per heavy atom. The van der Waals surface area contributed by atoms with E-state index in [1.165, 1.54) is 0 Å². The number of aromatic nitrogens is 1. The molecule has 0 aliphatic carbocycles. The zero-order chi connectivity index (χ0) is 15.0. The molecule has 1 rings (SSSR count). The molecule has 1 heterocycles. The van der Waals surface area contributed by atoms with E-state index >= 15 is 0 Å². The number of carbonyl (C=O) groups is 1. The molecule has 1 N–H and O–H groups in total. The van der Waals surface area contributed by atoms with Crippen LogP contribution >= 0.6 is 0 Å². The van der Waals surface area contributed by atoms with E-state index in [4.69, 9.17) is 4.74 Å². The van der Waals surface area contributed by atoms with Gasteiger partial charge in [-0.05, 0) is 52.9 Å². The first-order valence-corrected chi connectivity index (χ1v) is 6.92. The highest BCUT2D eigenvalue weighted by atomic mass is 16.6. The van der Waals surface area contributed by atoms with Gasteiger partial charge in [-0.1, -0.05) is 6.07 Å². The van der Waals surface area contributed by atoms with Gasteiger partial charge >= 0.3 is 6.09 Å². The molecule has 0 spiro atoms. The molecule has 0 bridgehead atoms. The normalized spacial score (nSPS) is 11.4. The minimum Gasteiger partial charge on any atom is -0.444 e. The monoisotopic (exact) mass is 279 g/mol. The van der Waals surface area contributed by atoms with Crippen LogP contribution in [0.5, 0.6) is 0 Å². The molecular formula is C15H25N3O2. The van der Waals surface area contributed by atoms with Crippen LogP contribution < -0.4 is 5.32 Å². The summed E-state index contributed by atoms with van der Waals surface area (Å²) >= 11 is 0. The summed E-state index contributed by atoms with van der Waals surface area (Å²) in [5.74, 6) is 0. The second-order valence-electron chi connectivity index (χ2n) is 5.84. The largest absolute Gasteiger partial charge is 0.444 e. The minimum absolute atomic E-state index is 0.357. The van der Waals surface area contributed by atoms with Crippen molar-refractivity contribution in [1.82, 2.24) is 15.2 Å². The van der Waals surface area contributed by atoms with Gasteiger partial charge in [-0.25, -0.2) is 4.79 Å². The summed E-state index contributed by atoms with van der Waals surface area (Å²) in [5, 5.41) is 2.75. The van der Waals surface area contributed by atoms with Crippen molar-refractivity contribution in [1.29, 1.82) is 0 Å². The van der Waals surface area contributed by atoms with E-state index in [0.29, 0.717) is 6.54 Å². The summed E-state index contributed by atoms with van der Waals surface area (Å²) in [4.78, 5) is 17.9. The maximum absolute atomic E-state index is 11.4. The Balaban J connectivity index is 2.13. The predicted octanol–water partition coefficient (Wildman–Crippen LogP) is 2.43. The topological polar surface area (TPSA) is 54.5 Å². The fraction of sp³-hybridized carbons (Fsp3) is 0.600. The lowest BCUT2D eigenvalue weighted by Gasteiger charge is -2.20. The van der Waals surface area contributed by atoms with Gasteiger partial charge in [0.25, 0.3) is 0 Å². The first-order chi connectivity index (χ1) is 9.37. The molecule has 0 radical (unpaired) electrons. The summed E-state index contributed by atoms with van der Waals surface area (Å²) in [6.45, 7) is 7.88. The Labute approximate surface area is 121 Å². The van der Waals surface area contributed by atoms with Crippen LogP contribution in [-0.4, -0.2) is 41.7 Å². The lowest BCUT2D eigenvalue weighted by Crippen LogP contribution is -2.34. The van der Waals surface area contributed by atoms with Crippen molar-refractivity contribution in [2.45, 2.75) is 39.3 Å². The van der Waals surface area contributed by atoms with Gasteiger partial charge in [-0.3, -0.25) is 4.98 Å². The molecule has 0 fully saturated rings. The van der Waals surface area contributed by atoms with Crippen LogP contribution in [0.15, 0.2) is 24.4 Å². The van der Waals surface area contributed by atoms with Gasteiger partial charge in [-0.15, -0.1) is 0 Å². The Hall–Kier alpha value is -1.62. The molecule has 0 aliphatic heterocycles. The summed E-state index contributed by atoms with van der Waals surface area (Å²) < 4.78 is 5.17. The quantitative estimate of drug-likeness (QED) is 0.813. The third kappa shape index (κ3) is 7.74. The van der Waals surface area contributed by atoms with Crippen LogP contribution in [0.2, 0.25) is 0 Å². The second-order valence-corrected chi connectivity index (χ2v) is 5.84. The minimum atomic E-state index is -0.445. The molecular weight excluding hydrogens is 254 g/mol. The number of pyridine rings is 1. The first-order valence-electron chi connectivity index (χ1n) is 6.92. The van der Waals surface area contributed by atoms with E-state index in [9.17, 15) is 4.79 Å². The van der Waals surface area contributed by atoms with Crippen molar-refractivity contribution in [2.75, 3.05) is 20.1 Å². The number of carbonyl (C=O) groups excluding carboxylic acids is 1. The third-order valence-electron chi connectivity index (χ3n) is 2.54. The number of nitrogens with one attached hydrogen (secondary N) is 1. The predicted molar refractivity (Wildman–Crippen MR) is 79.4 cm³/mol. The Morgan fingerprint density at radius 3 is 2.75 bits per heavy atom. The molecule has 5 nitrogen and oxygen atoms in total. The molecule has 0 unspecified atom stereocenters. The molecule has 0 aliphatic rings. The molecule has 1 amide bonds. The van der Waals surface area contributed by atoms with Gasteiger partial charge in [0.1, 0.15) is 5.60 Å². The second kappa shape index (κ2) is 7.85. The first kappa shape index (κ1) is 16.4. The average Bonchev–Trinajstić information content (AvgIpc) is 2.34. The molecule has 5 heteroatoms. The molecule has 1 aromatic rings. The lowest BCUT2D eigenvalue weighted by atomic mass is 10.2. The SMILES string of the molecule is CN(CCCNC(=O)OC(C)(C)C)Cc1ccccn1. The van der Waals surface area contributed by atoms with E-state index in [-0.39, 0.29) is 6.09 Å². The molecule has 0 saturated heterocycles. The van der Waals surface area contributed by atoms with Gasteiger partial charge in [0, 0.05) is 19.3 Å². The zero-order valence-electron chi connectivity index (χ0n) is 12.8. The molecule has 1 aromatic heterocycles. The van der Waals surface area contributed by atoms with Gasteiger partial charge in [0.05, 0.1) is 5.69 Å².